The van der Waals surface area contributed by atoms with Crippen LogP contribution in [0.25, 0.3) is 0 Å². The number of hydrogen-bond donors (Lipinski definition) is 0. The second kappa shape index (κ2) is 9.42. The van der Waals surface area contributed by atoms with E-state index in [1.165, 1.54) is 25.7 Å². The standard InChI is InChI=1S/C16H24O3/c1-3-4-5-6-7-8-13-19-16(17)14-9-11-15(18-2)12-10-14/h9-12H,3-8,13H2,1-2H3. The highest BCUT2D eigenvalue weighted by atomic mass is 16.5. The van der Waals surface area contributed by atoms with Crippen molar-refractivity contribution in [3.8, 4) is 5.75 Å². The third kappa shape index (κ3) is 6.27. The topological polar surface area (TPSA) is 35.5 Å². The number of hydrogen-bond acceptors (Lipinski definition) is 3. The van der Waals surface area contributed by atoms with Gasteiger partial charge in [0.1, 0.15) is 5.75 Å². The Bertz CT molecular complexity index is 357. The van der Waals surface area contributed by atoms with Crippen molar-refractivity contribution >= 4 is 5.97 Å². The highest BCUT2D eigenvalue weighted by molar-refractivity contribution is 5.89. The van der Waals surface area contributed by atoms with Crippen LogP contribution in [-0.2, 0) is 4.74 Å². The van der Waals surface area contributed by atoms with Crippen LogP contribution in [0.2, 0.25) is 0 Å². The maximum absolute atomic E-state index is 11.7. The second-order valence-corrected chi connectivity index (χ2v) is 4.63. The lowest BCUT2D eigenvalue weighted by atomic mass is 10.1. The first-order valence-electron chi connectivity index (χ1n) is 7.09. The molecule has 0 aliphatic rings. The van der Waals surface area contributed by atoms with Gasteiger partial charge in [0.15, 0.2) is 0 Å². The number of ether oxygens (including phenoxy) is 2. The fourth-order valence-electron chi connectivity index (χ4n) is 1.86. The third-order valence-corrected chi connectivity index (χ3v) is 3.06. The molecule has 0 spiro atoms. The molecule has 1 aromatic carbocycles. The van der Waals surface area contributed by atoms with Crippen LogP contribution in [0.3, 0.4) is 0 Å². The van der Waals surface area contributed by atoms with E-state index in [2.05, 4.69) is 6.92 Å². The molecule has 0 saturated carbocycles. The Morgan fingerprint density at radius 2 is 1.63 bits per heavy atom. The summed E-state index contributed by atoms with van der Waals surface area (Å²) in [5, 5.41) is 0. The fourth-order valence-corrected chi connectivity index (χ4v) is 1.86. The van der Waals surface area contributed by atoms with Crippen LogP contribution < -0.4 is 4.74 Å². The molecule has 106 valence electrons. The van der Waals surface area contributed by atoms with Gasteiger partial charge in [-0.2, -0.15) is 0 Å². The number of carbonyl (C=O) groups excluding carboxylic acids is 1. The molecule has 19 heavy (non-hydrogen) atoms. The van der Waals surface area contributed by atoms with Gasteiger partial charge in [-0.1, -0.05) is 39.0 Å². The SMILES string of the molecule is CCCCCCCCOC(=O)c1ccc(OC)cc1. The van der Waals surface area contributed by atoms with Crippen molar-refractivity contribution in [3.05, 3.63) is 29.8 Å². The summed E-state index contributed by atoms with van der Waals surface area (Å²) >= 11 is 0. The number of methoxy groups -OCH3 is 1. The first kappa shape index (κ1) is 15.5. The van der Waals surface area contributed by atoms with Crippen LogP contribution in [0.1, 0.15) is 55.8 Å². The van der Waals surface area contributed by atoms with Crippen LogP contribution in [0.4, 0.5) is 0 Å². The van der Waals surface area contributed by atoms with Crippen molar-refractivity contribution in [2.45, 2.75) is 45.4 Å². The summed E-state index contributed by atoms with van der Waals surface area (Å²) in [5.41, 5.74) is 0.576. The number of carbonyl (C=O) groups is 1. The lowest BCUT2D eigenvalue weighted by Crippen LogP contribution is -2.06. The van der Waals surface area contributed by atoms with E-state index in [-0.39, 0.29) is 5.97 Å². The van der Waals surface area contributed by atoms with Gasteiger partial charge < -0.3 is 9.47 Å². The molecule has 3 nitrogen and oxygen atoms in total. The molecule has 0 heterocycles. The molecule has 1 aromatic rings. The number of rotatable bonds is 9. The maximum atomic E-state index is 11.7. The van der Waals surface area contributed by atoms with Crippen molar-refractivity contribution < 1.29 is 14.3 Å². The lowest BCUT2D eigenvalue weighted by Gasteiger charge is -2.05. The van der Waals surface area contributed by atoms with Gasteiger partial charge in [-0.25, -0.2) is 4.79 Å². The molecule has 0 fully saturated rings. The second-order valence-electron chi connectivity index (χ2n) is 4.63. The Hall–Kier alpha value is -1.51. The Morgan fingerprint density at radius 3 is 2.26 bits per heavy atom. The highest BCUT2D eigenvalue weighted by Crippen LogP contribution is 2.12. The van der Waals surface area contributed by atoms with Crippen LogP contribution in [0, 0.1) is 0 Å². The van der Waals surface area contributed by atoms with Crippen LogP contribution >= 0.6 is 0 Å². The Labute approximate surface area is 115 Å². The molecular weight excluding hydrogens is 240 g/mol. The third-order valence-electron chi connectivity index (χ3n) is 3.06. The Morgan fingerprint density at radius 1 is 1.00 bits per heavy atom. The van der Waals surface area contributed by atoms with Crippen LogP contribution in [-0.4, -0.2) is 19.7 Å². The Kier molecular flexibility index (Phi) is 7.71. The molecule has 0 N–H and O–H groups in total. The molecule has 0 amide bonds. The summed E-state index contributed by atoms with van der Waals surface area (Å²) in [6.45, 7) is 2.72. The van der Waals surface area contributed by atoms with Gasteiger partial charge in [-0.3, -0.25) is 0 Å². The Balaban J connectivity index is 2.16. The molecular formula is C16H24O3. The minimum absolute atomic E-state index is 0.254. The van der Waals surface area contributed by atoms with Gasteiger partial charge in [0.2, 0.25) is 0 Å². The largest absolute Gasteiger partial charge is 0.497 e. The van der Waals surface area contributed by atoms with Crippen molar-refractivity contribution in [1.82, 2.24) is 0 Å². The number of esters is 1. The lowest BCUT2D eigenvalue weighted by molar-refractivity contribution is 0.0497. The van der Waals surface area contributed by atoms with E-state index in [1.807, 2.05) is 0 Å². The average molecular weight is 264 g/mol. The molecule has 1 rings (SSSR count). The zero-order valence-corrected chi connectivity index (χ0v) is 12.0. The van der Waals surface area contributed by atoms with Gasteiger partial charge >= 0.3 is 5.97 Å². The molecule has 3 heteroatoms. The van der Waals surface area contributed by atoms with E-state index in [0.29, 0.717) is 12.2 Å². The molecule has 0 saturated heterocycles. The van der Waals surface area contributed by atoms with Gasteiger partial charge in [0.05, 0.1) is 19.3 Å². The normalized spacial score (nSPS) is 10.2. The molecule has 0 aliphatic heterocycles. The first-order chi connectivity index (χ1) is 9.27. The van der Waals surface area contributed by atoms with Crippen molar-refractivity contribution in [3.63, 3.8) is 0 Å². The van der Waals surface area contributed by atoms with Gasteiger partial charge in [-0.05, 0) is 30.7 Å². The van der Waals surface area contributed by atoms with Crippen molar-refractivity contribution in [2.24, 2.45) is 0 Å². The molecule has 0 radical (unpaired) electrons. The molecule has 0 bridgehead atoms. The summed E-state index contributed by atoms with van der Waals surface area (Å²) < 4.78 is 10.3. The van der Waals surface area contributed by atoms with Crippen molar-refractivity contribution in [2.75, 3.05) is 13.7 Å². The van der Waals surface area contributed by atoms with Gasteiger partial charge in [-0.15, -0.1) is 0 Å². The number of unbranched alkanes of at least 4 members (excludes halogenated alkanes) is 5. The average Bonchev–Trinajstić information content (AvgIpc) is 2.46. The van der Waals surface area contributed by atoms with E-state index >= 15 is 0 Å². The predicted octanol–water partition coefficient (Wildman–Crippen LogP) is 4.21. The predicted molar refractivity (Wildman–Crippen MR) is 76.7 cm³/mol. The summed E-state index contributed by atoms with van der Waals surface area (Å²) in [6.07, 6.45) is 7.15. The quantitative estimate of drug-likeness (QED) is 0.495. The van der Waals surface area contributed by atoms with E-state index in [4.69, 9.17) is 9.47 Å². The summed E-state index contributed by atoms with van der Waals surface area (Å²) in [5.74, 6) is 0.490. The molecule has 0 unspecified atom stereocenters. The zero-order valence-electron chi connectivity index (χ0n) is 12.0. The van der Waals surface area contributed by atoms with E-state index in [0.717, 1.165) is 18.6 Å². The van der Waals surface area contributed by atoms with E-state index < -0.39 is 0 Å². The highest BCUT2D eigenvalue weighted by Gasteiger charge is 2.06. The van der Waals surface area contributed by atoms with Gasteiger partial charge in [0.25, 0.3) is 0 Å². The zero-order chi connectivity index (χ0) is 13.9. The number of benzene rings is 1. The fraction of sp³-hybridized carbons (Fsp3) is 0.562. The van der Waals surface area contributed by atoms with Crippen molar-refractivity contribution in [1.29, 1.82) is 0 Å². The molecule has 0 atom stereocenters. The van der Waals surface area contributed by atoms with E-state index in [1.54, 1.807) is 31.4 Å². The summed E-state index contributed by atoms with van der Waals surface area (Å²) in [7, 11) is 1.60. The minimum atomic E-state index is -0.254. The molecule has 0 aliphatic carbocycles. The van der Waals surface area contributed by atoms with Crippen LogP contribution in [0.15, 0.2) is 24.3 Å². The summed E-state index contributed by atoms with van der Waals surface area (Å²) in [6, 6.07) is 6.98. The minimum Gasteiger partial charge on any atom is -0.497 e. The van der Waals surface area contributed by atoms with E-state index in [9.17, 15) is 4.79 Å². The monoisotopic (exact) mass is 264 g/mol. The maximum Gasteiger partial charge on any atom is 0.338 e. The van der Waals surface area contributed by atoms with Gasteiger partial charge in [0, 0.05) is 0 Å². The van der Waals surface area contributed by atoms with Crippen LogP contribution in [0.5, 0.6) is 5.75 Å². The summed E-state index contributed by atoms with van der Waals surface area (Å²) in [4.78, 5) is 11.7. The molecule has 0 aromatic heterocycles. The smallest absolute Gasteiger partial charge is 0.338 e. The first-order valence-corrected chi connectivity index (χ1v) is 7.09.